The van der Waals surface area contributed by atoms with Crippen LogP contribution in [0.3, 0.4) is 0 Å². The minimum absolute atomic E-state index is 0.0728. The Morgan fingerprint density at radius 3 is 1.43 bits per heavy atom. The number of nitrogens with zero attached hydrogens (tertiary/aromatic N) is 2. The van der Waals surface area contributed by atoms with Crippen LogP contribution in [0.5, 0.6) is 0 Å². The average Bonchev–Trinajstić information content (AvgIpc) is 3.15. The highest BCUT2D eigenvalue weighted by Gasteiger charge is 2.69. The van der Waals surface area contributed by atoms with Crippen molar-refractivity contribution in [3.05, 3.63) is 108 Å². The SMILES string of the molecule is CC(C)(C)c1ccc(C(P)(C23CC4CC(CC(C4)C2)C3)C23CC4CC(CC(C4)C2)C3)c(CP(c2ccc3ccccc3n2)c2ccc3ccccc3n2)c1. The normalized spacial score (nSPS) is 33.6. The zero-order valence-corrected chi connectivity index (χ0v) is 34.8. The number of hydrogen-bond acceptors (Lipinski definition) is 2. The summed E-state index contributed by atoms with van der Waals surface area (Å²) in [7, 11) is 3.02. The summed E-state index contributed by atoms with van der Waals surface area (Å²) in [5.41, 5.74) is 10.2. The van der Waals surface area contributed by atoms with Crippen LogP contribution in [0.15, 0.2) is 91.0 Å². The number of aromatic nitrogens is 2. The van der Waals surface area contributed by atoms with Crippen LogP contribution in [-0.2, 0) is 16.7 Å². The van der Waals surface area contributed by atoms with Crippen molar-refractivity contribution in [1.29, 1.82) is 0 Å². The molecule has 2 heterocycles. The van der Waals surface area contributed by atoms with Gasteiger partial charge in [0.05, 0.1) is 21.9 Å². The molecule has 0 N–H and O–H groups in total. The first-order chi connectivity index (χ1) is 26.1. The fraction of sp³-hybridized carbons (Fsp3) is 0.520. The second-order valence-electron chi connectivity index (χ2n) is 20.6. The Hall–Kier alpha value is -2.66. The van der Waals surface area contributed by atoms with E-state index in [0.717, 1.165) is 52.7 Å². The average molecular weight is 749 g/mol. The summed E-state index contributed by atoms with van der Waals surface area (Å²) in [6, 6.07) is 34.6. The molecule has 1 unspecified atom stereocenters. The Bertz CT molecular complexity index is 2070. The molecule has 0 aliphatic heterocycles. The molecule has 13 rings (SSSR count). The quantitative estimate of drug-likeness (QED) is 0.155. The monoisotopic (exact) mass is 748 g/mol. The third kappa shape index (κ3) is 5.38. The molecule has 4 heteroatoms. The van der Waals surface area contributed by atoms with Crippen LogP contribution < -0.4 is 10.9 Å². The topological polar surface area (TPSA) is 25.8 Å². The summed E-state index contributed by atoms with van der Waals surface area (Å²) in [4.78, 5) is 11.0. The summed E-state index contributed by atoms with van der Waals surface area (Å²) in [5, 5.41) is 2.52. The van der Waals surface area contributed by atoms with Gasteiger partial charge >= 0.3 is 0 Å². The molecule has 8 aliphatic rings. The van der Waals surface area contributed by atoms with E-state index in [2.05, 4.69) is 121 Å². The Labute approximate surface area is 327 Å². The van der Waals surface area contributed by atoms with E-state index in [0.29, 0.717) is 10.8 Å². The molecule has 54 heavy (non-hydrogen) atoms. The smallest absolute Gasteiger partial charge is 0.0709 e. The van der Waals surface area contributed by atoms with Crippen LogP contribution in [0.1, 0.15) is 115 Å². The van der Waals surface area contributed by atoms with Crippen LogP contribution >= 0.6 is 17.2 Å². The molecule has 1 atom stereocenters. The van der Waals surface area contributed by atoms with Gasteiger partial charge in [-0.05, 0) is 170 Å². The molecule has 3 aromatic carbocycles. The van der Waals surface area contributed by atoms with E-state index in [1.807, 2.05) is 0 Å². The molecule has 8 bridgehead atoms. The number of hydrogen-bond donors (Lipinski definition) is 0. The number of fused-ring (bicyclic) bond motifs is 2. The summed E-state index contributed by atoms with van der Waals surface area (Å²) in [6.07, 6.45) is 18.7. The van der Waals surface area contributed by atoms with Gasteiger partial charge in [0, 0.05) is 30.0 Å². The Morgan fingerprint density at radius 2 is 1.00 bits per heavy atom. The van der Waals surface area contributed by atoms with Crippen molar-refractivity contribution in [3.8, 4) is 0 Å². The molecule has 8 aliphatic carbocycles. The van der Waals surface area contributed by atoms with Crippen molar-refractivity contribution in [2.24, 2.45) is 46.3 Å². The van der Waals surface area contributed by atoms with E-state index >= 15 is 0 Å². The second kappa shape index (κ2) is 12.4. The Morgan fingerprint density at radius 1 is 0.574 bits per heavy atom. The number of rotatable bonds is 7. The van der Waals surface area contributed by atoms with Gasteiger partial charge in [0.2, 0.25) is 0 Å². The molecule has 0 saturated heterocycles. The number of pyridine rings is 2. The minimum atomic E-state index is -0.883. The van der Waals surface area contributed by atoms with Gasteiger partial charge in [0.1, 0.15) is 0 Å². The van der Waals surface area contributed by atoms with Crippen LogP contribution in [0, 0.1) is 46.3 Å². The zero-order chi connectivity index (χ0) is 36.5. The van der Waals surface area contributed by atoms with Crippen LogP contribution in [0.2, 0.25) is 0 Å². The van der Waals surface area contributed by atoms with Gasteiger partial charge in [0.25, 0.3) is 0 Å². The molecule has 0 spiro atoms. The first kappa shape index (κ1) is 34.6. The molecule has 8 saturated carbocycles. The lowest BCUT2D eigenvalue weighted by molar-refractivity contribution is -0.158. The standard InChI is InChI=1S/C50H58N2P2/c1-47(2,3)41-14-15-42(50(53,48-25-32-18-33(26-48)20-34(19-32)27-48)49-28-35-21-36(29-49)23-37(22-35)30-49)40(24-41)31-54(45-16-12-38-8-4-6-10-43(38)51-45)46-17-13-39-9-5-7-11-44(39)52-46/h4-17,24,32-37H,18-23,25-31,53H2,1-3H3. The van der Waals surface area contributed by atoms with E-state index in [1.165, 1.54) is 104 Å². The van der Waals surface area contributed by atoms with Gasteiger partial charge in [0.15, 0.2) is 0 Å². The Balaban J connectivity index is 1.13. The molecule has 0 radical (unpaired) electrons. The summed E-state index contributed by atoms with van der Waals surface area (Å²) < 4.78 is 0. The first-order valence-electron chi connectivity index (χ1n) is 21.5. The van der Waals surface area contributed by atoms with Crippen molar-refractivity contribution < 1.29 is 0 Å². The Kier molecular flexibility index (Phi) is 7.95. The predicted octanol–water partition coefficient (Wildman–Crippen LogP) is 12.2. The predicted molar refractivity (Wildman–Crippen MR) is 231 cm³/mol. The molecule has 5 aromatic rings. The van der Waals surface area contributed by atoms with Crippen molar-refractivity contribution in [2.45, 2.75) is 115 Å². The highest BCUT2D eigenvalue weighted by molar-refractivity contribution is 7.71. The van der Waals surface area contributed by atoms with Crippen LogP contribution in [0.25, 0.3) is 21.8 Å². The fourth-order valence-corrected chi connectivity index (χ4v) is 17.9. The lowest BCUT2D eigenvalue weighted by Gasteiger charge is -2.72. The van der Waals surface area contributed by atoms with Crippen LogP contribution in [0.4, 0.5) is 0 Å². The van der Waals surface area contributed by atoms with Crippen molar-refractivity contribution in [1.82, 2.24) is 9.97 Å². The van der Waals surface area contributed by atoms with Crippen molar-refractivity contribution in [3.63, 3.8) is 0 Å². The number of para-hydroxylation sites is 2. The third-order valence-corrected chi connectivity index (χ3v) is 20.0. The van der Waals surface area contributed by atoms with Crippen molar-refractivity contribution >= 4 is 49.8 Å². The largest absolute Gasteiger partial charge is 0.248 e. The zero-order valence-electron chi connectivity index (χ0n) is 32.7. The maximum atomic E-state index is 5.48. The van der Waals surface area contributed by atoms with Gasteiger partial charge in [-0.2, -0.15) is 0 Å². The van der Waals surface area contributed by atoms with Crippen LogP contribution in [-0.4, -0.2) is 9.97 Å². The second-order valence-corrected chi connectivity index (χ2v) is 23.6. The molecule has 2 nitrogen and oxygen atoms in total. The lowest BCUT2D eigenvalue weighted by Crippen LogP contribution is -2.64. The number of benzene rings is 3. The third-order valence-electron chi connectivity index (χ3n) is 16.2. The molecule has 2 aromatic heterocycles. The van der Waals surface area contributed by atoms with E-state index in [-0.39, 0.29) is 10.6 Å². The van der Waals surface area contributed by atoms with Gasteiger partial charge in [-0.25, -0.2) is 9.97 Å². The van der Waals surface area contributed by atoms with E-state index in [1.54, 1.807) is 11.1 Å². The van der Waals surface area contributed by atoms with Gasteiger partial charge in [-0.15, -0.1) is 9.24 Å². The van der Waals surface area contributed by atoms with Gasteiger partial charge in [-0.1, -0.05) is 87.5 Å². The molecule has 8 fully saturated rings. The highest BCUT2D eigenvalue weighted by atomic mass is 31.1. The minimum Gasteiger partial charge on any atom is -0.248 e. The van der Waals surface area contributed by atoms with E-state index < -0.39 is 7.92 Å². The maximum absolute atomic E-state index is 5.48. The summed E-state index contributed by atoms with van der Waals surface area (Å²) in [6.45, 7) is 7.24. The summed E-state index contributed by atoms with van der Waals surface area (Å²) >= 11 is 0. The van der Waals surface area contributed by atoms with Crippen molar-refractivity contribution in [2.75, 3.05) is 0 Å². The molecular weight excluding hydrogens is 691 g/mol. The molecule has 278 valence electrons. The molecule has 0 amide bonds. The van der Waals surface area contributed by atoms with Gasteiger partial charge < -0.3 is 0 Å². The molecular formula is C50H58N2P2. The fourth-order valence-electron chi connectivity index (χ4n) is 14.8. The van der Waals surface area contributed by atoms with E-state index in [9.17, 15) is 0 Å². The summed E-state index contributed by atoms with van der Waals surface area (Å²) in [5.74, 6) is 5.60. The lowest BCUT2D eigenvalue weighted by atomic mass is 9.37. The van der Waals surface area contributed by atoms with Gasteiger partial charge in [-0.3, -0.25) is 0 Å². The van der Waals surface area contributed by atoms with E-state index in [4.69, 9.17) is 9.97 Å². The maximum Gasteiger partial charge on any atom is 0.0709 e. The highest BCUT2D eigenvalue weighted by Crippen LogP contribution is 2.78. The first-order valence-corrected chi connectivity index (χ1v) is 23.6.